The van der Waals surface area contributed by atoms with Crippen molar-refractivity contribution in [3.8, 4) is 0 Å². The van der Waals surface area contributed by atoms with Crippen molar-refractivity contribution in [3.63, 3.8) is 0 Å². The van der Waals surface area contributed by atoms with Gasteiger partial charge < -0.3 is 21.1 Å². The van der Waals surface area contributed by atoms with Gasteiger partial charge in [0.05, 0.1) is 12.0 Å². The van der Waals surface area contributed by atoms with Gasteiger partial charge in [0.2, 0.25) is 17.7 Å². The summed E-state index contributed by atoms with van der Waals surface area (Å²) in [6, 6.07) is -0.786. The molecule has 0 radical (unpaired) electrons. The van der Waals surface area contributed by atoms with E-state index < -0.39 is 24.0 Å². The van der Waals surface area contributed by atoms with Gasteiger partial charge in [0, 0.05) is 19.5 Å². The van der Waals surface area contributed by atoms with Crippen LogP contribution in [0.2, 0.25) is 0 Å². The van der Waals surface area contributed by atoms with Crippen molar-refractivity contribution in [1.82, 2.24) is 10.2 Å². The molecule has 0 aromatic rings. The third-order valence-corrected chi connectivity index (χ3v) is 4.42. The average Bonchev–Trinajstić information content (AvgIpc) is 2.39. The Morgan fingerprint density at radius 1 is 1.48 bits per heavy atom. The quantitative estimate of drug-likeness (QED) is 0.568. The van der Waals surface area contributed by atoms with E-state index in [4.69, 9.17) is 10.8 Å². The van der Waals surface area contributed by atoms with E-state index in [9.17, 15) is 14.4 Å². The van der Waals surface area contributed by atoms with Crippen LogP contribution in [0.4, 0.5) is 0 Å². The second-order valence-corrected chi connectivity index (χ2v) is 5.79. The number of primary amides is 1. The van der Waals surface area contributed by atoms with Gasteiger partial charge in [0.1, 0.15) is 6.04 Å². The van der Waals surface area contributed by atoms with Crippen LogP contribution in [0.5, 0.6) is 0 Å². The zero-order valence-electron chi connectivity index (χ0n) is 12.1. The van der Waals surface area contributed by atoms with Crippen molar-refractivity contribution in [1.29, 1.82) is 0 Å². The number of aliphatic hydroxyl groups excluding tert-OH is 1. The first-order valence-corrected chi connectivity index (χ1v) is 6.88. The van der Waals surface area contributed by atoms with Crippen molar-refractivity contribution < 1.29 is 19.5 Å². The Balaban J connectivity index is 0.00000220. The molecule has 2 rings (SSSR count). The van der Waals surface area contributed by atoms with E-state index in [-0.39, 0.29) is 31.4 Å². The second kappa shape index (κ2) is 6.65. The van der Waals surface area contributed by atoms with Gasteiger partial charge in [-0.25, -0.2) is 0 Å². The minimum absolute atomic E-state index is 0. The molecule has 2 aliphatic rings. The summed E-state index contributed by atoms with van der Waals surface area (Å²) in [6.07, 6.45) is 2.92. The maximum absolute atomic E-state index is 12.3. The van der Waals surface area contributed by atoms with Gasteiger partial charge in [-0.15, -0.1) is 0 Å². The Morgan fingerprint density at radius 2 is 2.05 bits per heavy atom. The van der Waals surface area contributed by atoms with E-state index in [0.29, 0.717) is 19.4 Å². The second-order valence-electron chi connectivity index (χ2n) is 5.79. The number of nitrogens with two attached hydrogens (primary N) is 1. The molecule has 4 N–H and O–H groups in total. The SMILES string of the molecule is CC(=O)NC1CCC2(CC1)CN([C@@H](CO)C(N)=O)C2=O.S. The largest absolute Gasteiger partial charge is 0.394 e. The van der Waals surface area contributed by atoms with Gasteiger partial charge in [-0.05, 0) is 25.7 Å². The lowest BCUT2D eigenvalue weighted by Crippen LogP contribution is -2.68. The molecule has 1 spiro atoms. The summed E-state index contributed by atoms with van der Waals surface area (Å²) in [5.74, 6) is -0.833. The lowest BCUT2D eigenvalue weighted by Gasteiger charge is -2.53. The fraction of sp³-hybridized carbons (Fsp3) is 0.769. The molecule has 0 bridgehead atoms. The van der Waals surface area contributed by atoms with E-state index in [1.54, 1.807) is 0 Å². The Kier molecular flexibility index (Phi) is 5.63. The first-order chi connectivity index (χ1) is 9.39. The van der Waals surface area contributed by atoms with Gasteiger partial charge in [-0.1, -0.05) is 0 Å². The summed E-state index contributed by atoms with van der Waals surface area (Å²) in [4.78, 5) is 35.8. The number of hydrogen-bond donors (Lipinski definition) is 3. The highest BCUT2D eigenvalue weighted by molar-refractivity contribution is 7.59. The molecule has 0 aromatic heterocycles. The minimum Gasteiger partial charge on any atom is -0.394 e. The highest BCUT2D eigenvalue weighted by Crippen LogP contribution is 2.45. The Bertz CT molecular complexity index is 435. The lowest BCUT2D eigenvalue weighted by atomic mass is 9.66. The van der Waals surface area contributed by atoms with E-state index in [1.807, 2.05) is 0 Å². The topological polar surface area (TPSA) is 113 Å². The Morgan fingerprint density at radius 3 is 2.43 bits per heavy atom. The predicted octanol–water partition coefficient (Wildman–Crippen LogP) is -1.15. The minimum atomic E-state index is -0.916. The summed E-state index contributed by atoms with van der Waals surface area (Å²) in [5, 5.41) is 12.0. The van der Waals surface area contributed by atoms with Crippen LogP contribution in [0.15, 0.2) is 0 Å². The van der Waals surface area contributed by atoms with Crippen LogP contribution < -0.4 is 11.1 Å². The molecular weight excluding hydrogens is 294 g/mol. The average molecular weight is 317 g/mol. The van der Waals surface area contributed by atoms with E-state index in [2.05, 4.69) is 5.32 Å². The Labute approximate surface area is 130 Å². The molecule has 0 aromatic carbocycles. The van der Waals surface area contributed by atoms with Crippen molar-refractivity contribution in [3.05, 3.63) is 0 Å². The zero-order valence-corrected chi connectivity index (χ0v) is 13.1. The maximum atomic E-state index is 12.3. The van der Waals surface area contributed by atoms with Crippen LogP contribution in [-0.2, 0) is 14.4 Å². The lowest BCUT2D eigenvalue weighted by molar-refractivity contribution is -0.172. The number of nitrogens with one attached hydrogen (secondary N) is 1. The van der Waals surface area contributed by atoms with Crippen molar-refractivity contribution in [2.45, 2.75) is 44.7 Å². The first-order valence-electron chi connectivity index (χ1n) is 6.88. The third-order valence-electron chi connectivity index (χ3n) is 4.42. The number of aliphatic hydroxyl groups is 1. The van der Waals surface area contributed by atoms with Crippen molar-refractivity contribution in [2.24, 2.45) is 11.1 Å². The molecule has 1 aliphatic heterocycles. The summed E-state index contributed by atoms with van der Waals surface area (Å²) >= 11 is 0. The van der Waals surface area contributed by atoms with Gasteiger partial charge >= 0.3 is 0 Å². The van der Waals surface area contributed by atoms with Gasteiger partial charge in [-0.2, -0.15) is 13.5 Å². The van der Waals surface area contributed by atoms with Gasteiger partial charge in [0.15, 0.2) is 0 Å². The highest BCUT2D eigenvalue weighted by atomic mass is 32.1. The Hall–Kier alpha value is -1.28. The summed E-state index contributed by atoms with van der Waals surface area (Å²) in [6.45, 7) is 1.51. The molecule has 1 heterocycles. The molecule has 1 atom stereocenters. The van der Waals surface area contributed by atoms with E-state index in [0.717, 1.165) is 12.8 Å². The first kappa shape index (κ1) is 17.8. The van der Waals surface area contributed by atoms with Crippen LogP contribution in [0.25, 0.3) is 0 Å². The van der Waals surface area contributed by atoms with E-state index >= 15 is 0 Å². The smallest absolute Gasteiger partial charge is 0.242 e. The fourth-order valence-electron chi connectivity index (χ4n) is 3.25. The highest BCUT2D eigenvalue weighted by Gasteiger charge is 2.55. The van der Waals surface area contributed by atoms with Crippen LogP contribution in [0.1, 0.15) is 32.6 Å². The number of rotatable bonds is 4. The predicted molar refractivity (Wildman–Crippen MR) is 80.7 cm³/mol. The monoisotopic (exact) mass is 317 g/mol. The molecule has 120 valence electrons. The molecule has 7 nitrogen and oxygen atoms in total. The van der Waals surface area contributed by atoms with Crippen LogP contribution >= 0.6 is 13.5 Å². The molecule has 2 fully saturated rings. The molecule has 8 heteroatoms. The number of nitrogens with zero attached hydrogens (tertiary/aromatic N) is 1. The number of β-lactam (4-membered cyclic amide) rings is 1. The normalized spacial score (nSPS) is 29.3. The van der Waals surface area contributed by atoms with Crippen molar-refractivity contribution >= 4 is 31.2 Å². The van der Waals surface area contributed by atoms with Crippen LogP contribution in [0, 0.1) is 5.41 Å². The van der Waals surface area contributed by atoms with Crippen LogP contribution in [0.3, 0.4) is 0 Å². The number of carbonyl (C=O) groups excluding carboxylic acids is 3. The molecular formula is C13H23N3O4S. The van der Waals surface area contributed by atoms with Gasteiger partial charge in [-0.3, -0.25) is 14.4 Å². The number of carbonyl (C=O) groups is 3. The summed E-state index contributed by atoms with van der Waals surface area (Å²) < 4.78 is 0. The maximum Gasteiger partial charge on any atom is 0.242 e. The molecule has 1 aliphatic carbocycles. The van der Waals surface area contributed by atoms with E-state index in [1.165, 1.54) is 11.8 Å². The van der Waals surface area contributed by atoms with Crippen LogP contribution in [-0.4, -0.2) is 53.0 Å². The third kappa shape index (κ3) is 3.32. The summed E-state index contributed by atoms with van der Waals surface area (Å²) in [5.41, 5.74) is 4.76. The molecule has 21 heavy (non-hydrogen) atoms. The number of likely N-dealkylation sites (tertiary alicyclic amines) is 1. The molecule has 1 saturated carbocycles. The number of hydrogen-bond acceptors (Lipinski definition) is 4. The molecule has 3 amide bonds. The van der Waals surface area contributed by atoms with Crippen molar-refractivity contribution in [2.75, 3.05) is 13.2 Å². The molecule has 0 unspecified atom stereocenters. The summed E-state index contributed by atoms with van der Waals surface area (Å²) in [7, 11) is 0. The number of amides is 3. The standard InChI is InChI=1S/C13H21N3O4.H2S/c1-8(18)15-9-2-4-13(5-3-9)7-16(12(13)20)10(6-17)11(14)19;/h9-10,17H,2-7H2,1H3,(H2,14,19)(H,15,18);1H2/t9?,10-,13?;/m0./s1. The zero-order chi connectivity index (χ0) is 14.9. The molecule has 1 saturated heterocycles. The fourth-order valence-corrected chi connectivity index (χ4v) is 3.25. The van der Waals surface area contributed by atoms with Gasteiger partial charge in [0.25, 0.3) is 0 Å².